The van der Waals surface area contributed by atoms with Gasteiger partial charge in [0, 0.05) is 23.8 Å². The molecule has 86 valence electrons. The van der Waals surface area contributed by atoms with Gasteiger partial charge >= 0.3 is 6.03 Å². The van der Waals surface area contributed by atoms with E-state index < -0.39 is 9.05 Å². The van der Waals surface area contributed by atoms with Crippen molar-refractivity contribution >= 4 is 31.5 Å². The summed E-state index contributed by atoms with van der Waals surface area (Å²) in [6.45, 7) is 0.928. The van der Waals surface area contributed by atoms with E-state index in [1.165, 1.54) is 11.0 Å². The van der Waals surface area contributed by atoms with Gasteiger partial charge in [-0.25, -0.2) is 13.2 Å². The molecular formula is C9H9ClN2O3S. The molecule has 16 heavy (non-hydrogen) atoms. The van der Waals surface area contributed by atoms with E-state index in [0.29, 0.717) is 18.8 Å². The van der Waals surface area contributed by atoms with E-state index in [9.17, 15) is 13.2 Å². The van der Waals surface area contributed by atoms with Crippen LogP contribution in [0, 0.1) is 0 Å². The van der Waals surface area contributed by atoms with E-state index in [1.54, 1.807) is 18.2 Å². The molecule has 7 heteroatoms. The lowest BCUT2D eigenvalue weighted by atomic mass is 10.3. The summed E-state index contributed by atoms with van der Waals surface area (Å²) >= 11 is 0. The van der Waals surface area contributed by atoms with Crippen molar-refractivity contribution in [1.29, 1.82) is 0 Å². The summed E-state index contributed by atoms with van der Waals surface area (Å²) in [6, 6.07) is 5.84. The van der Waals surface area contributed by atoms with E-state index in [0.717, 1.165) is 0 Å². The number of carbonyl (C=O) groups is 1. The number of benzene rings is 1. The summed E-state index contributed by atoms with van der Waals surface area (Å²) < 4.78 is 22.6. The van der Waals surface area contributed by atoms with Crippen LogP contribution in [0.3, 0.4) is 0 Å². The summed E-state index contributed by atoms with van der Waals surface area (Å²) in [5.74, 6) is 0. The molecule has 1 fully saturated rings. The Bertz CT molecular complexity index is 529. The van der Waals surface area contributed by atoms with Crippen molar-refractivity contribution in [2.24, 2.45) is 0 Å². The molecule has 0 saturated carbocycles. The largest absolute Gasteiger partial charge is 0.336 e. The third kappa shape index (κ3) is 1.98. The van der Waals surface area contributed by atoms with Gasteiger partial charge in [-0.1, -0.05) is 12.1 Å². The van der Waals surface area contributed by atoms with Crippen LogP contribution in [-0.4, -0.2) is 27.5 Å². The third-order valence-corrected chi connectivity index (χ3v) is 3.64. The van der Waals surface area contributed by atoms with E-state index in [1.807, 2.05) is 0 Å². The van der Waals surface area contributed by atoms with E-state index >= 15 is 0 Å². The van der Waals surface area contributed by atoms with Crippen molar-refractivity contribution in [2.45, 2.75) is 4.90 Å². The van der Waals surface area contributed by atoms with Crippen LogP contribution in [0.15, 0.2) is 29.2 Å². The van der Waals surface area contributed by atoms with Crippen LogP contribution >= 0.6 is 10.7 Å². The highest BCUT2D eigenvalue weighted by atomic mass is 35.7. The van der Waals surface area contributed by atoms with Crippen LogP contribution in [0.2, 0.25) is 0 Å². The maximum absolute atomic E-state index is 11.4. The van der Waals surface area contributed by atoms with Gasteiger partial charge in [-0.05, 0) is 12.1 Å². The van der Waals surface area contributed by atoms with Gasteiger partial charge in [-0.2, -0.15) is 0 Å². The summed E-state index contributed by atoms with van der Waals surface area (Å²) in [5.41, 5.74) is 0.313. The molecule has 1 saturated heterocycles. The molecular weight excluding hydrogens is 252 g/mol. The quantitative estimate of drug-likeness (QED) is 0.811. The zero-order chi connectivity index (χ0) is 11.8. The Balaban J connectivity index is 2.53. The van der Waals surface area contributed by atoms with E-state index in [-0.39, 0.29) is 10.9 Å². The van der Waals surface area contributed by atoms with Crippen molar-refractivity contribution < 1.29 is 13.2 Å². The number of halogens is 1. The van der Waals surface area contributed by atoms with Gasteiger partial charge in [-0.15, -0.1) is 0 Å². The number of nitrogens with zero attached hydrogens (tertiary/aromatic N) is 1. The Labute approximate surface area is 97.4 Å². The van der Waals surface area contributed by atoms with Gasteiger partial charge in [0.25, 0.3) is 9.05 Å². The third-order valence-electron chi connectivity index (χ3n) is 2.28. The molecule has 1 aromatic rings. The van der Waals surface area contributed by atoms with Gasteiger partial charge in [0.2, 0.25) is 0 Å². The number of carbonyl (C=O) groups excluding carboxylic acids is 1. The molecule has 0 unspecified atom stereocenters. The fraction of sp³-hybridized carbons (Fsp3) is 0.222. The molecule has 0 aromatic heterocycles. The molecule has 1 heterocycles. The minimum Gasteiger partial charge on any atom is -0.336 e. The zero-order valence-electron chi connectivity index (χ0n) is 8.18. The lowest BCUT2D eigenvalue weighted by Crippen LogP contribution is -2.28. The van der Waals surface area contributed by atoms with Crippen LogP contribution in [0.4, 0.5) is 10.5 Å². The monoisotopic (exact) mass is 260 g/mol. The minimum atomic E-state index is -3.84. The minimum absolute atomic E-state index is 0.0475. The predicted octanol–water partition coefficient (Wildman–Crippen LogP) is 1.14. The van der Waals surface area contributed by atoms with Crippen molar-refractivity contribution in [1.82, 2.24) is 5.32 Å². The molecule has 0 aliphatic carbocycles. The number of urea groups is 1. The number of para-hydroxylation sites is 1. The smallest absolute Gasteiger partial charge is 0.322 e. The van der Waals surface area contributed by atoms with Crippen molar-refractivity contribution in [3.05, 3.63) is 24.3 Å². The first-order valence-electron chi connectivity index (χ1n) is 4.59. The Hall–Kier alpha value is -1.27. The average molecular weight is 261 g/mol. The molecule has 1 aliphatic heterocycles. The maximum Gasteiger partial charge on any atom is 0.322 e. The number of anilines is 1. The Morgan fingerprint density at radius 2 is 2.00 bits per heavy atom. The lowest BCUT2D eigenvalue weighted by molar-refractivity contribution is 0.252. The van der Waals surface area contributed by atoms with Crippen LogP contribution in [0.25, 0.3) is 0 Å². The summed E-state index contributed by atoms with van der Waals surface area (Å²) in [6.07, 6.45) is 0. The van der Waals surface area contributed by atoms with Crippen molar-refractivity contribution in [2.75, 3.05) is 18.0 Å². The highest BCUT2D eigenvalue weighted by Gasteiger charge is 2.26. The normalized spacial score (nSPS) is 16.3. The Kier molecular flexibility index (Phi) is 2.77. The highest BCUT2D eigenvalue weighted by molar-refractivity contribution is 8.13. The van der Waals surface area contributed by atoms with Gasteiger partial charge in [0.15, 0.2) is 0 Å². The SMILES string of the molecule is O=C1NCCN1c1ccccc1S(=O)(=O)Cl. The topological polar surface area (TPSA) is 66.5 Å². The lowest BCUT2D eigenvalue weighted by Gasteiger charge is -2.16. The first-order chi connectivity index (χ1) is 7.50. The summed E-state index contributed by atoms with van der Waals surface area (Å²) in [4.78, 5) is 12.7. The predicted molar refractivity (Wildman–Crippen MR) is 60.2 cm³/mol. The molecule has 0 atom stereocenters. The standard InChI is InChI=1S/C9H9ClN2O3S/c10-16(14,15)8-4-2-1-3-7(8)12-6-5-11-9(12)13/h1-4H,5-6H2,(H,11,13). The maximum atomic E-state index is 11.4. The molecule has 1 aromatic carbocycles. The second-order valence-electron chi connectivity index (χ2n) is 3.29. The first kappa shape index (κ1) is 11.2. The molecule has 2 amide bonds. The molecule has 0 radical (unpaired) electrons. The van der Waals surface area contributed by atoms with Crippen molar-refractivity contribution in [3.8, 4) is 0 Å². The van der Waals surface area contributed by atoms with Gasteiger partial charge in [-0.3, -0.25) is 4.90 Å². The molecule has 1 aliphatic rings. The average Bonchev–Trinajstić information content (AvgIpc) is 2.63. The zero-order valence-corrected chi connectivity index (χ0v) is 9.75. The van der Waals surface area contributed by atoms with E-state index in [2.05, 4.69) is 5.32 Å². The van der Waals surface area contributed by atoms with Crippen LogP contribution in [0.1, 0.15) is 0 Å². The molecule has 1 N–H and O–H groups in total. The summed E-state index contributed by atoms with van der Waals surface area (Å²) in [5, 5.41) is 2.60. The molecule has 0 bridgehead atoms. The van der Waals surface area contributed by atoms with Crippen LogP contribution in [0.5, 0.6) is 0 Å². The Morgan fingerprint density at radius 1 is 1.31 bits per heavy atom. The molecule has 5 nitrogen and oxygen atoms in total. The second-order valence-corrected chi connectivity index (χ2v) is 5.82. The summed E-state index contributed by atoms with van der Waals surface area (Å²) in [7, 11) is 1.46. The fourth-order valence-electron chi connectivity index (χ4n) is 1.59. The highest BCUT2D eigenvalue weighted by Crippen LogP contribution is 2.28. The number of nitrogens with one attached hydrogen (secondary N) is 1. The number of hydrogen-bond donors (Lipinski definition) is 1. The van der Waals surface area contributed by atoms with Gasteiger partial charge in [0.05, 0.1) is 5.69 Å². The van der Waals surface area contributed by atoms with Gasteiger partial charge < -0.3 is 5.32 Å². The van der Waals surface area contributed by atoms with Crippen LogP contribution < -0.4 is 10.2 Å². The number of amides is 2. The van der Waals surface area contributed by atoms with Crippen LogP contribution in [-0.2, 0) is 9.05 Å². The fourth-order valence-corrected chi connectivity index (χ4v) is 2.65. The van der Waals surface area contributed by atoms with Gasteiger partial charge in [0.1, 0.15) is 4.90 Å². The Morgan fingerprint density at radius 3 is 2.56 bits per heavy atom. The molecule has 2 rings (SSSR count). The molecule has 0 spiro atoms. The number of rotatable bonds is 2. The number of hydrogen-bond acceptors (Lipinski definition) is 3. The van der Waals surface area contributed by atoms with E-state index in [4.69, 9.17) is 10.7 Å². The van der Waals surface area contributed by atoms with Crippen molar-refractivity contribution in [3.63, 3.8) is 0 Å². The second kappa shape index (κ2) is 3.95. The first-order valence-corrected chi connectivity index (χ1v) is 6.90.